The van der Waals surface area contributed by atoms with Crippen LogP contribution in [0.25, 0.3) is 0 Å². The number of nitrogens with zero attached hydrogens (tertiary/aromatic N) is 2. The number of rotatable bonds is 3. The zero-order valence-electron chi connectivity index (χ0n) is 7.83. The van der Waals surface area contributed by atoms with Gasteiger partial charge in [0.15, 0.2) is 0 Å². The first-order valence-corrected chi connectivity index (χ1v) is 4.05. The number of aromatic nitrogens is 2. The first-order chi connectivity index (χ1) is 6.56. The molecule has 14 heavy (non-hydrogen) atoms. The molecule has 0 fully saturated rings. The van der Waals surface area contributed by atoms with Crippen molar-refractivity contribution >= 4 is 11.6 Å². The normalized spacial score (nSPS) is 9.86. The summed E-state index contributed by atoms with van der Waals surface area (Å²) in [6.07, 6.45) is 0. The van der Waals surface area contributed by atoms with Gasteiger partial charge in [-0.05, 0) is 13.8 Å². The molecule has 7 heteroatoms. The minimum absolute atomic E-state index is 0.106. The Morgan fingerprint density at radius 3 is 2.71 bits per heavy atom. The van der Waals surface area contributed by atoms with E-state index < -0.39 is 16.2 Å². The Kier molecular flexibility index (Phi) is 2.80. The summed E-state index contributed by atoms with van der Waals surface area (Å²) in [6.45, 7) is 3.84. The SMILES string of the molecule is CCNc1nc(C)c([N+](=O)[O-])c(=O)[nH]1. The van der Waals surface area contributed by atoms with E-state index in [2.05, 4.69) is 15.3 Å². The second-order valence-electron chi connectivity index (χ2n) is 2.64. The summed E-state index contributed by atoms with van der Waals surface area (Å²) in [5.41, 5.74) is -1.14. The van der Waals surface area contributed by atoms with Crippen LogP contribution in [0.4, 0.5) is 11.6 Å². The zero-order valence-corrected chi connectivity index (χ0v) is 7.83. The maximum Gasteiger partial charge on any atom is 0.354 e. The van der Waals surface area contributed by atoms with Crippen LogP contribution in [0.15, 0.2) is 4.79 Å². The van der Waals surface area contributed by atoms with E-state index >= 15 is 0 Å². The van der Waals surface area contributed by atoms with Crippen LogP contribution in [-0.4, -0.2) is 21.4 Å². The standard InChI is InChI=1S/C7H10N4O3/c1-3-8-7-9-4(2)5(11(13)14)6(12)10-7/h3H2,1-2H3,(H2,8,9,10,12). The van der Waals surface area contributed by atoms with Crippen LogP contribution in [0.2, 0.25) is 0 Å². The van der Waals surface area contributed by atoms with Gasteiger partial charge in [0.2, 0.25) is 5.95 Å². The van der Waals surface area contributed by atoms with Crippen molar-refractivity contribution < 1.29 is 4.92 Å². The quantitative estimate of drug-likeness (QED) is 0.541. The van der Waals surface area contributed by atoms with Crippen molar-refractivity contribution in [3.8, 4) is 0 Å². The number of H-pyrrole nitrogens is 1. The molecule has 2 N–H and O–H groups in total. The number of aromatic amines is 1. The molecule has 0 spiro atoms. The minimum Gasteiger partial charge on any atom is -0.356 e. The van der Waals surface area contributed by atoms with Gasteiger partial charge in [0.05, 0.1) is 4.92 Å². The molecule has 0 bridgehead atoms. The van der Waals surface area contributed by atoms with Crippen molar-refractivity contribution in [3.05, 3.63) is 26.2 Å². The molecule has 0 radical (unpaired) electrons. The Morgan fingerprint density at radius 1 is 1.64 bits per heavy atom. The van der Waals surface area contributed by atoms with E-state index in [1.165, 1.54) is 6.92 Å². The molecular weight excluding hydrogens is 188 g/mol. The van der Waals surface area contributed by atoms with Crippen molar-refractivity contribution in [2.75, 3.05) is 11.9 Å². The smallest absolute Gasteiger partial charge is 0.354 e. The largest absolute Gasteiger partial charge is 0.356 e. The summed E-state index contributed by atoms with van der Waals surface area (Å²) in [5.74, 6) is 0.251. The Labute approximate surface area is 79.3 Å². The van der Waals surface area contributed by atoms with E-state index in [4.69, 9.17) is 0 Å². The average molecular weight is 198 g/mol. The first kappa shape index (κ1) is 10.2. The fourth-order valence-electron chi connectivity index (χ4n) is 1.05. The Hall–Kier alpha value is -1.92. The lowest BCUT2D eigenvalue weighted by Gasteiger charge is -2.02. The average Bonchev–Trinajstić information content (AvgIpc) is 2.01. The van der Waals surface area contributed by atoms with Gasteiger partial charge in [-0.25, -0.2) is 4.98 Å². The number of hydrogen-bond donors (Lipinski definition) is 2. The molecule has 0 aliphatic rings. The molecule has 1 rings (SSSR count). The molecule has 7 nitrogen and oxygen atoms in total. The third kappa shape index (κ3) is 1.87. The van der Waals surface area contributed by atoms with E-state index in [-0.39, 0.29) is 11.6 Å². The Balaban J connectivity index is 3.25. The monoisotopic (exact) mass is 198 g/mol. The molecule has 0 saturated heterocycles. The lowest BCUT2D eigenvalue weighted by atomic mass is 10.4. The zero-order chi connectivity index (χ0) is 10.7. The summed E-state index contributed by atoms with van der Waals surface area (Å²) in [6, 6.07) is 0. The van der Waals surface area contributed by atoms with Gasteiger partial charge in [0.1, 0.15) is 5.69 Å². The summed E-state index contributed by atoms with van der Waals surface area (Å²) in [7, 11) is 0. The van der Waals surface area contributed by atoms with E-state index in [1.54, 1.807) is 0 Å². The van der Waals surface area contributed by atoms with Gasteiger partial charge >= 0.3 is 11.2 Å². The van der Waals surface area contributed by atoms with E-state index in [0.717, 1.165) is 0 Å². The molecule has 0 aromatic carbocycles. The lowest BCUT2D eigenvalue weighted by molar-refractivity contribution is -0.387. The topological polar surface area (TPSA) is 101 Å². The van der Waals surface area contributed by atoms with Crippen molar-refractivity contribution in [3.63, 3.8) is 0 Å². The van der Waals surface area contributed by atoms with Gasteiger partial charge in [-0.3, -0.25) is 19.9 Å². The van der Waals surface area contributed by atoms with E-state index in [9.17, 15) is 14.9 Å². The number of anilines is 1. The van der Waals surface area contributed by atoms with Crippen molar-refractivity contribution in [1.82, 2.24) is 9.97 Å². The highest BCUT2D eigenvalue weighted by atomic mass is 16.6. The summed E-state index contributed by atoms with van der Waals surface area (Å²) >= 11 is 0. The lowest BCUT2D eigenvalue weighted by Crippen LogP contribution is -2.17. The predicted molar refractivity (Wildman–Crippen MR) is 50.4 cm³/mol. The van der Waals surface area contributed by atoms with Crippen LogP contribution < -0.4 is 10.9 Å². The predicted octanol–water partition coefficient (Wildman–Crippen LogP) is 0.418. The number of aryl methyl sites for hydroxylation is 1. The second-order valence-corrected chi connectivity index (χ2v) is 2.64. The maximum atomic E-state index is 11.2. The van der Waals surface area contributed by atoms with Gasteiger partial charge < -0.3 is 5.32 Å². The number of hydrogen-bond acceptors (Lipinski definition) is 5. The van der Waals surface area contributed by atoms with E-state index in [1.807, 2.05) is 6.92 Å². The molecule has 0 saturated carbocycles. The highest BCUT2D eigenvalue weighted by Crippen LogP contribution is 2.09. The van der Waals surface area contributed by atoms with Gasteiger partial charge in [0, 0.05) is 6.54 Å². The molecule has 1 aromatic rings. The molecular formula is C7H10N4O3. The Morgan fingerprint density at radius 2 is 2.29 bits per heavy atom. The third-order valence-electron chi connectivity index (χ3n) is 1.60. The van der Waals surface area contributed by atoms with Gasteiger partial charge in [-0.15, -0.1) is 0 Å². The third-order valence-corrected chi connectivity index (χ3v) is 1.60. The van der Waals surface area contributed by atoms with Crippen molar-refractivity contribution in [2.24, 2.45) is 0 Å². The number of nitrogens with one attached hydrogen (secondary N) is 2. The molecule has 0 unspecified atom stereocenters. The highest BCUT2D eigenvalue weighted by Gasteiger charge is 2.18. The molecule has 0 aliphatic carbocycles. The fourth-order valence-corrected chi connectivity index (χ4v) is 1.05. The molecule has 1 heterocycles. The molecule has 0 aliphatic heterocycles. The van der Waals surface area contributed by atoms with Crippen LogP contribution in [0, 0.1) is 17.0 Å². The fraction of sp³-hybridized carbons (Fsp3) is 0.429. The summed E-state index contributed by atoms with van der Waals surface area (Å²) in [4.78, 5) is 27.0. The molecule has 76 valence electrons. The van der Waals surface area contributed by atoms with Crippen LogP contribution in [0.5, 0.6) is 0 Å². The molecule has 1 aromatic heterocycles. The highest BCUT2D eigenvalue weighted by molar-refractivity contribution is 5.37. The molecule has 0 atom stereocenters. The van der Waals surface area contributed by atoms with E-state index in [0.29, 0.717) is 6.54 Å². The van der Waals surface area contributed by atoms with Crippen molar-refractivity contribution in [1.29, 1.82) is 0 Å². The molecule has 0 amide bonds. The summed E-state index contributed by atoms with van der Waals surface area (Å²) in [5, 5.41) is 13.2. The first-order valence-electron chi connectivity index (χ1n) is 4.05. The minimum atomic E-state index is -0.739. The van der Waals surface area contributed by atoms with Crippen LogP contribution >= 0.6 is 0 Å². The van der Waals surface area contributed by atoms with Gasteiger partial charge in [0.25, 0.3) is 0 Å². The van der Waals surface area contributed by atoms with Crippen LogP contribution in [-0.2, 0) is 0 Å². The van der Waals surface area contributed by atoms with Crippen LogP contribution in [0.3, 0.4) is 0 Å². The van der Waals surface area contributed by atoms with Gasteiger partial charge in [-0.1, -0.05) is 0 Å². The summed E-state index contributed by atoms with van der Waals surface area (Å²) < 4.78 is 0. The van der Waals surface area contributed by atoms with Crippen LogP contribution in [0.1, 0.15) is 12.6 Å². The Bertz CT molecular complexity index is 412. The maximum absolute atomic E-state index is 11.2. The second kappa shape index (κ2) is 3.86. The number of nitro groups is 1. The van der Waals surface area contributed by atoms with Gasteiger partial charge in [-0.2, -0.15) is 0 Å². The van der Waals surface area contributed by atoms with Crippen molar-refractivity contribution in [2.45, 2.75) is 13.8 Å².